The Hall–Kier alpha value is -4.97. The Morgan fingerprint density at radius 3 is 2.49 bits per heavy atom. The zero-order valence-electron chi connectivity index (χ0n) is 34.7. The number of alkyl halides is 3. The van der Waals surface area contributed by atoms with Crippen LogP contribution in [0.15, 0.2) is 54.7 Å². The van der Waals surface area contributed by atoms with Crippen molar-refractivity contribution in [3.63, 3.8) is 0 Å². The van der Waals surface area contributed by atoms with Crippen LogP contribution in [0.2, 0.25) is 5.02 Å². The first-order chi connectivity index (χ1) is 30.1. The number of likely N-dealkylation sites (tertiary alicyclic amines) is 1. The molecular formula is C44H50ClF3N6O8S. The largest absolute Gasteiger partial charge is 0.495 e. The monoisotopic (exact) mass is 914 g/mol. The summed E-state index contributed by atoms with van der Waals surface area (Å²) in [5.74, 6) is -4.88. The number of allylic oxidation sites excluding steroid dienone is 1. The molecule has 3 aromatic rings. The number of benzene rings is 1. The summed E-state index contributed by atoms with van der Waals surface area (Å²) >= 11 is 6.82. The number of halogens is 4. The van der Waals surface area contributed by atoms with Crippen LogP contribution in [0.3, 0.4) is 0 Å². The van der Waals surface area contributed by atoms with Crippen molar-refractivity contribution in [2.75, 3.05) is 26.7 Å². The number of aromatic nitrogens is 2. The fourth-order valence-electron chi connectivity index (χ4n) is 9.07. The highest BCUT2D eigenvalue weighted by molar-refractivity contribution is 7.91. The number of methoxy groups -OCH3 is 1. The van der Waals surface area contributed by atoms with Gasteiger partial charge in [-0.2, -0.15) is 13.2 Å². The van der Waals surface area contributed by atoms with Crippen molar-refractivity contribution in [3.05, 3.63) is 59.8 Å². The molecule has 63 heavy (non-hydrogen) atoms. The van der Waals surface area contributed by atoms with E-state index in [0.29, 0.717) is 65.0 Å². The van der Waals surface area contributed by atoms with E-state index in [1.165, 1.54) is 16.9 Å². The average Bonchev–Trinajstić information content (AvgIpc) is 4.19. The number of carbonyl (C=O) groups excluding carboxylic acids is 4. The first-order valence-electron chi connectivity index (χ1n) is 21.5. The molecule has 2 aliphatic carbocycles. The number of pyridine rings is 2. The van der Waals surface area contributed by atoms with Gasteiger partial charge in [-0.1, -0.05) is 42.7 Å². The Balaban J connectivity index is 1.12. The lowest BCUT2D eigenvalue weighted by Crippen LogP contribution is -2.57. The van der Waals surface area contributed by atoms with Crippen LogP contribution in [0.25, 0.3) is 22.2 Å². The van der Waals surface area contributed by atoms with E-state index in [9.17, 15) is 40.8 Å². The normalized spacial score (nSPS) is 26.7. The van der Waals surface area contributed by atoms with E-state index in [2.05, 4.69) is 15.0 Å². The summed E-state index contributed by atoms with van der Waals surface area (Å²) < 4.78 is 80.6. The summed E-state index contributed by atoms with van der Waals surface area (Å²) in [7, 11) is -2.48. The predicted octanol–water partition coefficient (Wildman–Crippen LogP) is 6.12. The van der Waals surface area contributed by atoms with Crippen LogP contribution in [0.5, 0.6) is 11.6 Å². The zero-order valence-corrected chi connectivity index (χ0v) is 36.3. The molecule has 2 saturated heterocycles. The van der Waals surface area contributed by atoms with E-state index >= 15 is 0 Å². The number of ether oxygens (including phenoxy) is 2. The topological polar surface area (TPSA) is 177 Å². The highest BCUT2D eigenvalue weighted by atomic mass is 35.5. The third-order valence-corrected chi connectivity index (χ3v) is 15.2. The van der Waals surface area contributed by atoms with Crippen LogP contribution >= 0.6 is 11.6 Å². The molecule has 14 nitrogen and oxygen atoms in total. The molecule has 0 unspecified atom stereocenters. The number of carbonyl (C=O) groups is 4. The van der Waals surface area contributed by atoms with E-state index in [0.717, 1.165) is 6.42 Å². The standard InChI is InChI=1S/C44H50ClF3N6O8S/c1-61-36-15-14-31-32(38(36)45)23-34(33-11-7-8-18-49-33)50-40(31)62-29-22-35-39(56)51-43(42(58)52-63(59,60)30-12-13-30)24-28(43)10-6-4-2-3-5-9-26(41(57)54(35)25-29)21-37(55)53-19-16-27(17-20-53)44(46,47)48/h6-8,10-11,14-15,18,23,26-30,35H,2-5,9,12-13,16-17,19-22,24-25H2,1H3,(H,51,56)(H,52,58)/b10-6-/t26-,28-,29-,35+,43-/m1/s1. The molecule has 338 valence electrons. The van der Waals surface area contributed by atoms with Gasteiger partial charge in [-0.3, -0.25) is 28.9 Å². The Morgan fingerprint density at radius 2 is 1.79 bits per heavy atom. The number of nitrogens with one attached hydrogen (secondary N) is 2. The number of sulfonamides is 1. The molecule has 1 aromatic carbocycles. The smallest absolute Gasteiger partial charge is 0.391 e. The van der Waals surface area contributed by atoms with E-state index < -0.39 is 80.5 Å². The molecule has 0 spiro atoms. The van der Waals surface area contributed by atoms with Crippen LogP contribution in [-0.2, 0) is 29.2 Å². The first-order valence-corrected chi connectivity index (χ1v) is 23.5. The van der Waals surface area contributed by atoms with Gasteiger partial charge in [0.15, 0.2) is 0 Å². The predicted molar refractivity (Wildman–Crippen MR) is 226 cm³/mol. The number of nitrogens with zero attached hydrogens (tertiary/aromatic N) is 4. The van der Waals surface area contributed by atoms with Crippen LogP contribution in [0.1, 0.15) is 77.0 Å². The zero-order chi connectivity index (χ0) is 44.7. The lowest BCUT2D eigenvalue weighted by molar-refractivity contribution is -0.186. The van der Waals surface area contributed by atoms with Gasteiger partial charge < -0.3 is 24.6 Å². The number of hydrogen-bond donors (Lipinski definition) is 2. The minimum atomic E-state index is -4.36. The Labute approximate surface area is 368 Å². The summed E-state index contributed by atoms with van der Waals surface area (Å²) in [6.45, 7) is -0.299. The molecule has 4 amide bonds. The van der Waals surface area contributed by atoms with Crippen LogP contribution in [-0.4, -0.2) is 108 Å². The maximum Gasteiger partial charge on any atom is 0.391 e. The lowest BCUT2D eigenvalue weighted by Gasteiger charge is -2.34. The molecule has 2 aromatic heterocycles. The number of hydrogen-bond acceptors (Lipinski definition) is 10. The van der Waals surface area contributed by atoms with Crippen molar-refractivity contribution >= 4 is 56.0 Å². The van der Waals surface area contributed by atoms with Gasteiger partial charge in [0.2, 0.25) is 33.6 Å². The molecule has 0 bridgehead atoms. The van der Waals surface area contributed by atoms with Crippen molar-refractivity contribution in [1.82, 2.24) is 29.8 Å². The lowest BCUT2D eigenvalue weighted by atomic mass is 9.92. The van der Waals surface area contributed by atoms with Crippen LogP contribution in [0.4, 0.5) is 13.2 Å². The van der Waals surface area contributed by atoms with Gasteiger partial charge in [-0.25, -0.2) is 13.4 Å². The fourth-order valence-corrected chi connectivity index (χ4v) is 10.7. The molecule has 5 heterocycles. The highest BCUT2D eigenvalue weighted by Crippen LogP contribution is 2.46. The van der Waals surface area contributed by atoms with Gasteiger partial charge in [0.25, 0.3) is 5.91 Å². The molecule has 5 aliphatic rings. The van der Waals surface area contributed by atoms with Gasteiger partial charge in [0.05, 0.1) is 41.2 Å². The van der Waals surface area contributed by atoms with Gasteiger partial charge in [0.1, 0.15) is 23.4 Å². The first kappa shape index (κ1) is 44.6. The highest BCUT2D eigenvalue weighted by Gasteiger charge is 2.62. The second kappa shape index (κ2) is 17.9. The molecule has 19 heteroatoms. The maximum absolute atomic E-state index is 14.9. The summed E-state index contributed by atoms with van der Waals surface area (Å²) in [5, 5.41) is 3.53. The van der Waals surface area contributed by atoms with Crippen molar-refractivity contribution in [1.29, 1.82) is 0 Å². The average molecular weight is 915 g/mol. The van der Waals surface area contributed by atoms with E-state index in [1.807, 2.05) is 12.2 Å². The maximum atomic E-state index is 14.9. The summed E-state index contributed by atoms with van der Waals surface area (Å²) in [6, 6.07) is 9.25. The summed E-state index contributed by atoms with van der Waals surface area (Å²) in [6.07, 6.45) is 3.23. The Morgan fingerprint density at radius 1 is 1.02 bits per heavy atom. The van der Waals surface area contributed by atoms with Gasteiger partial charge in [0, 0.05) is 54.7 Å². The molecule has 8 rings (SSSR count). The number of amides is 4. The molecule has 2 N–H and O–H groups in total. The van der Waals surface area contributed by atoms with Crippen molar-refractivity contribution < 1.29 is 50.2 Å². The van der Waals surface area contributed by atoms with Crippen molar-refractivity contribution in [2.45, 2.75) is 106 Å². The van der Waals surface area contributed by atoms with E-state index in [-0.39, 0.29) is 64.0 Å². The second-order valence-electron chi connectivity index (χ2n) is 17.3. The second-order valence-corrected chi connectivity index (χ2v) is 19.6. The van der Waals surface area contributed by atoms with Crippen molar-refractivity contribution in [2.24, 2.45) is 17.8 Å². The molecule has 4 fully saturated rings. The van der Waals surface area contributed by atoms with Gasteiger partial charge in [-0.05, 0) is 81.7 Å². The van der Waals surface area contributed by atoms with Crippen LogP contribution in [0, 0.1) is 17.8 Å². The Bertz CT molecular complexity index is 2400. The molecule has 0 radical (unpaired) electrons. The minimum absolute atomic E-state index is 0.0668. The minimum Gasteiger partial charge on any atom is -0.495 e. The molecule has 5 atom stereocenters. The number of fused-ring (bicyclic) bond motifs is 3. The molecule has 2 saturated carbocycles. The molecule has 3 aliphatic heterocycles. The summed E-state index contributed by atoms with van der Waals surface area (Å²) in [4.78, 5) is 69.2. The van der Waals surface area contributed by atoms with E-state index in [4.69, 9.17) is 26.1 Å². The van der Waals surface area contributed by atoms with Gasteiger partial charge in [-0.15, -0.1) is 0 Å². The molecular weight excluding hydrogens is 865 g/mol. The van der Waals surface area contributed by atoms with E-state index in [1.54, 1.807) is 42.6 Å². The quantitative estimate of drug-likeness (QED) is 0.238. The number of rotatable bonds is 9. The van der Waals surface area contributed by atoms with Crippen molar-refractivity contribution in [3.8, 4) is 23.0 Å². The van der Waals surface area contributed by atoms with Crippen LogP contribution < -0.4 is 19.5 Å². The number of piperidine rings is 1. The van der Waals surface area contributed by atoms with Gasteiger partial charge >= 0.3 is 6.18 Å². The third kappa shape index (κ3) is 9.61. The summed E-state index contributed by atoms with van der Waals surface area (Å²) in [5.41, 5.74) is -0.645. The Kier molecular flexibility index (Phi) is 12.7. The third-order valence-electron chi connectivity index (χ3n) is 13.0. The fraction of sp³-hybridized carbons (Fsp3) is 0.545. The SMILES string of the molecule is COc1ccc2c(O[C@@H]3C[C@H]4C(=O)N[C@]5(C(=O)NS(=O)(=O)C6CC6)C[C@H]5/C=C\CCCCC[C@H](CC(=O)N5CCC(C(F)(F)F)CC5)C(=O)N4C3)nc(-c3ccccn3)cc2c1Cl.